The minimum absolute atomic E-state index is 0.523. The van der Waals surface area contributed by atoms with Crippen LogP contribution in [0.15, 0.2) is 41.0 Å². The molecule has 1 unspecified atom stereocenters. The predicted octanol–water partition coefficient (Wildman–Crippen LogP) is 3.32. The number of aryl methyl sites for hydroxylation is 1. The van der Waals surface area contributed by atoms with E-state index >= 15 is 0 Å². The molecule has 78 valence electrons. The van der Waals surface area contributed by atoms with Gasteiger partial charge in [-0.25, -0.2) is 0 Å². The molecular formula is C12H11ClO2. The number of hydrogen-bond donors (Lipinski definition) is 1. The van der Waals surface area contributed by atoms with Gasteiger partial charge in [-0.2, -0.15) is 0 Å². The zero-order valence-electron chi connectivity index (χ0n) is 8.27. The lowest BCUT2D eigenvalue weighted by molar-refractivity contribution is 0.189. The fourth-order valence-electron chi connectivity index (χ4n) is 1.39. The van der Waals surface area contributed by atoms with Crippen molar-refractivity contribution in [1.29, 1.82) is 0 Å². The van der Waals surface area contributed by atoms with Gasteiger partial charge in [0.05, 0.1) is 6.26 Å². The third-order valence-corrected chi connectivity index (χ3v) is 2.73. The molecule has 0 saturated carbocycles. The largest absolute Gasteiger partial charge is 0.466 e. The molecule has 0 aliphatic carbocycles. The van der Waals surface area contributed by atoms with Crippen molar-refractivity contribution in [3.63, 3.8) is 0 Å². The molecule has 1 aromatic heterocycles. The fourth-order valence-corrected chi connectivity index (χ4v) is 1.58. The van der Waals surface area contributed by atoms with E-state index in [1.807, 2.05) is 19.1 Å². The van der Waals surface area contributed by atoms with E-state index in [1.54, 1.807) is 18.2 Å². The monoisotopic (exact) mass is 222 g/mol. The van der Waals surface area contributed by atoms with Crippen molar-refractivity contribution < 1.29 is 9.52 Å². The molecule has 0 radical (unpaired) electrons. The second-order valence-corrected chi connectivity index (χ2v) is 3.83. The van der Waals surface area contributed by atoms with E-state index in [-0.39, 0.29) is 0 Å². The van der Waals surface area contributed by atoms with Crippen LogP contribution in [0.1, 0.15) is 23.0 Å². The Morgan fingerprint density at radius 3 is 2.73 bits per heavy atom. The summed E-state index contributed by atoms with van der Waals surface area (Å²) >= 11 is 5.98. The van der Waals surface area contributed by atoms with Crippen molar-refractivity contribution in [2.75, 3.05) is 0 Å². The first-order valence-corrected chi connectivity index (χ1v) is 5.04. The summed E-state index contributed by atoms with van der Waals surface area (Å²) < 4.78 is 5.13. The van der Waals surface area contributed by atoms with E-state index in [4.69, 9.17) is 16.0 Å². The Kier molecular flexibility index (Phi) is 2.80. The van der Waals surface area contributed by atoms with E-state index in [2.05, 4.69) is 0 Å². The van der Waals surface area contributed by atoms with E-state index < -0.39 is 6.10 Å². The second-order valence-electron chi connectivity index (χ2n) is 3.43. The van der Waals surface area contributed by atoms with Crippen LogP contribution in [0, 0.1) is 6.92 Å². The summed E-state index contributed by atoms with van der Waals surface area (Å²) in [5, 5.41) is 10.6. The summed E-state index contributed by atoms with van der Waals surface area (Å²) in [5.74, 6) is 0.523. The van der Waals surface area contributed by atoms with Gasteiger partial charge in [0.15, 0.2) is 0 Å². The van der Waals surface area contributed by atoms with Crippen molar-refractivity contribution in [1.82, 2.24) is 0 Å². The molecule has 0 spiro atoms. The van der Waals surface area contributed by atoms with Gasteiger partial charge in [0.25, 0.3) is 0 Å². The predicted molar refractivity (Wildman–Crippen MR) is 59.0 cm³/mol. The highest BCUT2D eigenvalue weighted by Gasteiger charge is 2.13. The molecule has 1 heterocycles. The molecule has 15 heavy (non-hydrogen) atoms. The van der Waals surface area contributed by atoms with Crippen molar-refractivity contribution >= 4 is 11.6 Å². The maximum atomic E-state index is 9.94. The lowest BCUT2D eigenvalue weighted by Gasteiger charge is -2.09. The molecular weight excluding hydrogens is 212 g/mol. The van der Waals surface area contributed by atoms with Gasteiger partial charge in [-0.3, -0.25) is 0 Å². The van der Waals surface area contributed by atoms with Gasteiger partial charge in [-0.05, 0) is 36.2 Å². The summed E-state index contributed by atoms with van der Waals surface area (Å²) in [5.41, 5.74) is 1.73. The van der Waals surface area contributed by atoms with Gasteiger partial charge in [0, 0.05) is 5.02 Å². The summed E-state index contributed by atoms with van der Waals surface area (Å²) in [7, 11) is 0. The Hall–Kier alpha value is -1.25. The van der Waals surface area contributed by atoms with Crippen molar-refractivity contribution in [3.05, 3.63) is 58.5 Å². The summed E-state index contributed by atoms with van der Waals surface area (Å²) in [4.78, 5) is 0. The average molecular weight is 223 g/mol. The first-order valence-electron chi connectivity index (χ1n) is 4.66. The normalized spacial score (nSPS) is 12.7. The Morgan fingerprint density at radius 2 is 2.13 bits per heavy atom. The number of benzene rings is 1. The van der Waals surface area contributed by atoms with E-state index in [1.165, 1.54) is 6.26 Å². The van der Waals surface area contributed by atoms with Gasteiger partial charge in [-0.1, -0.05) is 23.7 Å². The summed E-state index contributed by atoms with van der Waals surface area (Å²) in [6.45, 7) is 1.92. The van der Waals surface area contributed by atoms with Gasteiger partial charge >= 0.3 is 0 Å². The van der Waals surface area contributed by atoms with Crippen LogP contribution in [-0.4, -0.2) is 5.11 Å². The Morgan fingerprint density at radius 1 is 1.33 bits per heavy atom. The fraction of sp³-hybridized carbons (Fsp3) is 0.167. The third kappa shape index (κ3) is 2.06. The minimum Gasteiger partial charge on any atom is -0.466 e. The summed E-state index contributed by atoms with van der Waals surface area (Å²) in [6, 6.07) is 8.95. The Balaban J connectivity index is 2.34. The van der Waals surface area contributed by atoms with Gasteiger partial charge in [-0.15, -0.1) is 0 Å². The molecule has 0 saturated heterocycles. The molecule has 2 rings (SSSR count). The molecule has 2 nitrogen and oxygen atoms in total. The number of furan rings is 1. The first kappa shape index (κ1) is 10.3. The quantitative estimate of drug-likeness (QED) is 0.846. The molecule has 0 bridgehead atoms. The van der Waals surface area contributed by atoms with Crippen molar-refractivity contribution in [2.24, 2.45) is 0 Å². The molecule has 0 amide bonds. The van der Waals surface area contributed by atoms with Crippen LogP contribution in [0.4, 0.5) is 0 Å². The van der Waals surface area contributed by atoms with Crippen LogP contribution in [0.25, 0.3) is 0 Å². The molecule has 0 fully saturated rings. The van der Waals surface area contributed by atoms with Gasteiger partial charge in [0.1, 0.15) is 11.9 Å². The van der Waals surface area contributed by atoms with Crippen molar-refractivity contribution in [2.45, 2.75) is 13.0 Å². The average Bonchev–Trinajstić information content (AvgIpc) is 2.74. The minimum atomic E-state index is -0.752. The van der Waals surface area contributed by atoms with E-state index in [0.717, 1.165) is 11.1 Å². The van der Waals surface area contributed by atoms with Gasteiger partial charge in [0.2, 0.25) is 0 Å². The standard InChI is InChI=1S/C12H11ClO2/c1-8-4-5-9(7-10(8)13)12(14)11-3-2-6-15-11/h2-7,12,14H,1H3. The Labute approximate surface area is 93.1 Å². The zero-order chi connectivity index (χ0) is 10.8. The molecule has 2 aromatic rings. The molecule has 1 atom stereocenters. The lowest BCUT2D eigenvalue weighted by Crippen LogP contribution is -1.98. The molecule has 0 aliphatic rings. The highest BCUT2D eigenvalue weighted by atomic mass is 35.5. The van der Waals surface area contributed by atoms with Crippen LogP contribution in [-0.2, 0) is 0 Å². The first-order chi connectivity index (χ1) is 7.18. The van der Waals surface area contributed by atoms with Crippen LogP contribution in [0.5, 0.6) is 0 Å². The number of aliphatic hydroxyl groups excluding tert-OH is 1. The number of rotatable bonds is 2. The maximum absolute atomic E-state index is 9.94. The van der Waals surface area contributed by atoms with Crippen LogP contribution >= 0.6 is 11.6 Å². The highest BCUT2D eigenvalue weighted by molar-refractivity contribution is 6.31. The molecule has 3 heteroatoms. The topological polar surface area (TPSA) is 33.4 Å². The molecule has 1 N–H and O–H groups in total. The number of halogens is 1. The van der Waals surface area contributed by atoms with Crippen LogP contribution < -0.4 is 0 Å². The Bertz CT molecular complexity index is 449. The smallest absolute Gasteiger partial charge is 0.137 e. The third-order valence-electron chi connectivity index (χ3n) is 2.32. The summed E-state index contributed by atoms with van der Waals surface area (Å²) in [6.07, 6.45) is 0.784. The van der Waals surface area contributed by atoms with Crippen LogP contribution in [0.2, 0.25) is 5.02 Å². The zero-order valence-corrected chi connectivity index (χ0v) is 9.03. The van der Waals surface area contributed by atoms with Crippen molar-refractivity contribution in [3.8, 4) is 0 Å². The van der Waals surface area contributed by atoms with Crippen LogP contribution in [0.3, 0.4) is 0 Å². The lowest BCUT2D eigenvalue weighted by atomic mass is 10.1. The molecule has 1 aromatic carbocycles. The highest BCUT2D eigenvalue weighted by Crippen LogP contribution is 2.26. The maximum Gasteiger partial charge on any atom is 0.137 e. The number of aliphatic hydroxyl groups is 1. The number of hydrogen-bond acceptors (Lipinski definition) is 2. The van der Waals surface area contributed by atoms with Gasteiger partial charge < -0.3 is 9.52 Å². The van der Waals surface area contributed by atoms with E-state index in [0.29, 0.717) is 10.8 Å². The molecule has 0 aliphatic heterocycles. The van der Waals surface area contributed by atoms with E-state index in [9.17, 15) is 5.11 Å². The second kappa shape index (κ2) is 4.09. The SMILES string of the molecule is Cc1ccc(C(O)c2ccco2)cc1Cl.